The zero-order valence-corrected chi connectivity index (χ0v) is 17.2. The highest BCUT2D eigenvalue weighted by Gasteiger charge is 2.66. The highest BCUT2D eigenvalue weighted by Crippen LogP contribution is 2.58. The van der Waals surface area contributed by atoms with Crippen LogP contribution < -0.4 is 10.1 Å². The molecule has 1 aliphatic rings. The molecule has 1 fully saturated rings. The first-order valence-corrected chi connectivity index (χ1v) is 9.81. The lowest BCUT2D eigenvalue weighted by molar-refractivity contribution is -0.162. The van der Waals surface area contributed by atoms with Crippen LogP contribution in [0.1, 0.15) is 34.6 Å². The maximum Gasteiger partial charge on any atom is 0.401 e. The first-order valence-electron chi connectivity index (χ1n) is 9.02. The molecule has 4 rings (SSSR count). The number of rotatable bonds is 5. The fraction of sp³-hybridized carbons (Fsp3) is 0.300. The minimum atomic E-state index is -4.38. The lowest BCUT2D eigenvalue weighted by Gasteiger charge is -2.16. The number of carbonyl (C=O) groups is 1. The summed E-state index contributed by atoms with van der Waals surface area (Å²) < 4.78 is 59.6. The van der Waals surface area contributed by atoms with Gasteiger partial charge < -0.3 is 15.0 Å². The van der Waals surface area contributed by atoms with Gasteiger partial charge in [-0.3, -0.25) is 4.79 Å². The summed E-state index contributed by atoms with van der Waals surface area (Å²) in [6.45, 7) is -0.0880. The fourth-order valence-corrected chi connectivity index (χ4v) is 3.77. The van der Waals surface area contributed by atoms with Gasteiger partial charge in [0.15, 0.2) is 0 Å². The van der Waals surface area contributed by atoms with Crippen molar-refractivity contribution in [2.24, 2.45) is 0 Å². The van der Waals surface area contributed by atoms with E-state index >= 15 is 0 Å². The summed E-state index contributed by atoms with van der Waals surface area (Å²) in [4.78, 5) is 19.3. The van der Waals surface area contributed by atoms with E-state index in [4.69, 9.17) is 4.74 Å². The molecule has 0 radical (unpaired) electrons. The molecule has 10 heteroatoms. The average molecular weight is 486 g/mol. The standard InChI is InChI=1S/C20H16BrF4N3O2/c1-30-16-7-11(13(22)8-12(16)21)9-26-17(29)10-2-3-14-15(6-10)28-18(27-14)19(4-5-19)20(23,24)25/h2-3,6-8H,4-5,9H2,1H3,(H,26,29)(H,27,28). The zero-order chi connectivity index (χ0) is 21.7. The van der Waals surface area contributed by atoms with Crippen molar-refractivity contribution in [3.05, 3.63) is 57.6 Å². The van der Waals surface area contributed by atoms with Crippen LogP contribution in [0, 0.1) is 5.82 Å². The number of halogens is 5. The van der Waals surface area contributed by atoms with E-state index in [9.17, 15) is 22.4 Å². The van der Waals surface area contributed by atoms with Gasteiger partial charge in [-0.1, -0.05) is 0 Å². The molecule has 0 atom stereocenters. The molecule has 0 spiro atoms. The number of ether oxygens (including phenoxy) is 1. The predicted octanol–water partition coefficient (Wildman–Crippen LogP) is 5.00. The number of alkyl halides is 3. The Balaban J connectivity index is 1.53. The van der Waals surface area contributed by atoms with Crippen LogP contribution in [0.2, 0.25) is 0 Å². The van der Waals surface area contributed by atoms with Crippen LogP contribution in [0.3, 0.4) is 0 Å². The Morgan fingerprint density at radius 1 is 1.30 bits per heavy atom. The van der Waals surface area contributed by atoms with Gasteiger partial charge >= 0.3 is 6.18 Å². The SMILES string of the molecule is COc1cc(CNC(=O)c2ccc3[nH]c(C4(C(F)(F)F)CC4)nc3c2)c(F)cc1Br. The molecule has 0 aliphatic heterocycles. The van der Waals surface area contributed by atoms with E-state index in [0.717, 1.165) is 0 Å². The highest BCUT2D eigenvalue weighted by atomic mass is 79.9. The van der Waals surface area contributed by atoms with Crippen molar-refractivity contribution < 1.29 is 27.1 Å². The third-order valence-electron chi connectivity index (χ3n) is 5.25. The number of carbonyl (C=O) groups excluding carboxylic acids is 1. The van der Waals surface area contributed by atoms with Crippen molar-refractivity contribution in [3.8, 4) is 5.75 Å². The molecule has 0 unspecified atom stereocenters. The Labute approximate surface area is 177 Å². The molecule has 30 heavy (non-hydrogen) atoms. The molecule has 1 aromatic heterocycles. The number of hydrogen-bond donors (Lipinski definition) is 2. The lowest BCUT2D eigenvalue weighted by atomic mass is 10.1. The van der Waals surface area contributed by atoms with Crippen LogP contribution in [0.25, 0.3) is 11.0 Å². The summed E-state index contributed by atoms with van der Waals surface area (Å²) in [5, 5.41) is 2.60. The Kier molecular flexibility index (Phi) is 5.00. The fourth-order valence-electron chi connectivity index (χ4n) is 3.29. The molecular formula is C20H16BrF4N3O2. The molecule has 5 nitrogen and oxygen atoms in total. The number of nitrogens with zero attached hydrogens (tertiary/aromatic N) is 1. The Morgan fingerprint density at radius 3 is 2.67 bits per heavy atom. The zero-order valence-electron chi connectivity index (χ0n) is 15.7. The molecule has 1 aliphatic carbocycles. The summed E-state index contributed by atoms with van der Waals surface area (Å²) in [6.07, 6.45) is -4.39. The number of imidazole rings is 1. The van der Waals surface area contributed by atoms with Crippen LogP contribution in [0.15, 0.2) is 34.8 Å². The third kappa shape index (κ3) is 3.53. The predicted molar refractivity (Wildman–Crippen MR) is 105 cm³/mol. The maximum absolute atomic E-state index is 14.1. The molecule has 0 bridgehead atoms. The van der Waals surface area contributed by atoms with Crippen molar-refractivity contribution in [1.82, 2.24) is 15.3 Å². The number of methoxy groups -OCH3 is 1. The second-order valence-corrected chi connectivity index (χ2v) is 8.01. The van der Waals surface area contributed by atoms with E-state index in [1.54, 1.807) is 0 Å². The minimum Gasteiger partial charge on any atom is -0.496 e. The third-order valence-corrected chi connectivity index (χ3v) is 5.87. The molecule has 3 aromatic rings. The summed E-state index contributed by atoms with van der Waals surface area (Å²) in [5.74, 6) is -0.728. The van der Waals surface area contributed by atoms with Gasteiger partial charge in [0.25, 0.3) is 5.91 Å². The molecule has 2 N–H and O–H groups in total. The topological polar surface area (TPSA) is 67.0 Å². The quantitative estimate of drug-likeness (QED) is 0.500. The molecule has 0 saturated heterocycles. The second-order valence-electron chi connectivity index (χ2n) is 7.16. The Hall–Kier alpha value is -2.62. The summed E-state index contributed by atoms with van der Waals surface area (Å²) in [7, 11) is 1.44. The van der Waals surface area contributed by atoms with E-state index in [2.05, 4.69) is 31.2 Å². The normalized spacial score (nSPS) is 15.3. The van der Waals surface area contributed by atoms with Gasteiger partial charge in [-0.15, -0.1) is 0 Å². The number of aromatic amines is 1. The van der Waals surface area contributed by atoms with Crippen LogP contribution in [0.5, 0.6) is 5.75 Å². The molecular weight excluding hydrogens is 470 g/mol. The average Bonchev–Trinajstić information content (AvgIpc) is 3.41. The molecule has 1 amide bonds. The van der Waals surface area contributed by atoms with Gasteiger partial charge in [0, 0.05) is 17.7 Å². The van der Waals surface area contributed by atoms with Crippen molar-refractivity contribution >= 4 is 32.9 Å². The number of benzene rings is 2. The molecule has 1 heterocycles. The van der Waals surface area contributed by atoms with Crippen LogP contribution >= 0.6 is 15.9 Å². The van der Waals surface area contributed by atoms with Crippen LogP contribution in [-0.4, -0.2) is 29.2 Å². The number of amides is 1. The van der Waals surface area contributed by atoms with Crippen molar-refractivity contribution in [2.75, 3.05) is 7.11 Å². The Bertz CT molecular complexity index is 1140. The van der Waals surface area contributed by atoms with Crippen LogP contribution in [0.4, 0.5) is 17.6 Å². The van der Waals surface area contributed by atoms with Gasteiger partial charge in [-0.05, 0) is 59.1 Å². The van der Waals surface area contributed by atoms with E-state index in [1.165, 1.54) is 37.4 Å². The lowest BCUT2D eigenvalue weighted by Crippen LogP contribution is -2.29. The molecule has 1 saturated carbocycles. The van der Waals surface area contributed by atoms with Gasteiger partial charge in [0.05, 0.1) is 22.6 Å². The summed E-state index contributed by atoms with van der Waals surface area (Å²) in [5.41, 5.74) is -0.799. The molecule has 158 valence electrons. The van der Waals surface area contributed by atoms with E-state index in [0.29, 0.717) is 15.7 Å². The second kappa shape index (κ2) is 7.26. The number of fused-ring (bicyclic) bond motifs is 1. The summed E-state index contributed by atoms with van der Waals surface area (Å²) >= 11 is 3.18. The van der Waals surface area contributed by atoms with Crippen molar-refractivity contribution in [3.63, 3.8) is 0 Å². The van der Waals surface area contributed by atoms with Gasteiger partial charge in [-0.25, -0.2) is 9.37 Å². The largest absolute Gasteiger partial charge is 0.496 e. The first-order chi connectivity index (χ1) is 14.1. The van der Waals surface area contributed by atoms with E-state index in [1.807, 2.05) is 0 Å². The van der Waals surface area contributed by atoms with E-state index in [-0.39, 0.29) is 41.9 Å². The highest BCUT2D eigenvalue weighted by molar-refractivity contribution is 9.10. The smallest absolute Gasteiger partial charge is 0.401 e. The van der Waals surface area contributed by atoms with Crippen molar-refractivity contribution in [1.29, 1.82) is 0 Å². The maximum atomic E-state index is 14.1. The number of H-pyrrole nitrogens is 1. The summed E-state index contributed by atoms with van der Waals surface area (Å²) in [6, 6.07) is 7.11. The van der Waals surface area contributed by atoms with Gasteiger partial charge in [0.1, 0.15) is 22.8 Å². The van der Waals surface area contributed by atoms with Crippen molar-refractivity contribution in [2.45, 2.75) is 31.0 Å². The number of aromatic nitrogens is 2. The first kappa shape index (κ1) is 20.6. The van der Waals surface area contributed by atoms with Crippen LogP contribution in [-0.2, 0) is 12.0 Å². The minimum absolute atomic E-state index is 0.00805. The number of nitrogens with one attached hydrogen (secondary N) is 2. The monoisotopic (exact) mass is 485 g/mol. The molecule has 2 aromatic carbocycles. The van der Waals surface area contributed by atoms with Gasteiger partial charge in [0.2, 0.25) is 0 Å². The number of hydrogen-bond acceptors (Lipinski definition) is 3. The van der Waals surface area contributed by atoms with Gasteiger partial charge in [-0.2, -0.15) is 13.2 Å². The Morgan fingerprint density at radius 2 is 2.03 bits per heavy atom. The van der Waals surface area contributed by atoms with E-state index < -0.39 is 23.3 Å².